The standard InChI is InChI=1S/C19H15Cl2N3O2S/c1-12-7-18(26)24(16-5-3-2-4-6-16)19(22-12)27-11-17(25)23-15-9-13(20)8-14(21)10-15/h2-10H,11H2,1H3,(H,23,25). The number of carbonyl (C=O) groups excluding carboxylic acids is 1. The van der Waals surface area contributed by atoms with Gasteiger partial charge in [0.05, 0.1) is 11.4 Å². The second kappa shape index (κ2) is 8.61. The summed E-state index contributed by atoms with van der Waals surface area (Å²) in [5.41, 5.74) is 1.60. The van der Waals surface area contributed by atoms with Crippen molar-refractivity contribution in [3.63, 3.8) is 0 Å². The van der Waals surface area contributed by atoms with Gasteiger partial charge in [-0.15, -0.1) is 0 Å². The van der Waals surface area contributed by atoms with E-state index in [1.165, 1.54) is 22.4 Å². The summed E-state index contributed by atoms with van der Waals surface area (Å²) < 4.78 is 1.49. The number of nitrogens with one attached hydrogen (secondary N) is 1. The molecule has 0 atom stereocenters. The second-order valence-electron chi connectivity index (χ2n) is 5.68. The van der Waals surface area contributed by atoms with Crippen LogP contribution in [0, 0.1) is 6.92 Å². The van der Waals surface area contributed by atoms with E-state index in [1.54, 1.807) is 25.1 Å². The number of hydrogen-bond acceptors (Lipinski definition) is 4. The Bertz CT molecular complexity index is 1020. The lowest BCUT2D eigenvalue weighted by Crippen LogP contribution is -2.22. The molecule has 0 saturated carbocycles. The number of thioether (sulfide) groups is 1. The third kappa shape index (κ3) is 5.13. The van der Waals surface area contributed by atoms with Crippen molar-refractivity contribution in [3.8, 4) is 5.69 Å². The lowest BCUT2D eigenvalue weighted by Gasteiger charge is -2.12. The van der Waals surface area contributed by atoms with Crippen LogP contribution in [0.4, 0.5) is 5.69 Å². The van der Waals surface area contributed by atoms with E-state index in [-0.39, 0.29) is 17.2 Å². The van der Waals surface area contributed by atoms with E-state index in [0.717, 1.165) is 0 Å². The van der Waals surface area contributed by atoms with Gasteiger partial charge in [-0.2, -0.15) is 0 Å². The van der Waals surface area contributed by atoms with E-state index < -0.39 is 0 Å². The maximum atomic E-state index is 12.5. The first-order chi connectivity index (χ1) is 12.9. The first-order valence-corrected chi connectivity index (χ1v) is 9.71. The molecule has 0 unspecified atom stereocenters. The maximum Gasteiger partial charge on any atom is 0.258 e. The molecule has 1 N–H and O–H groups in total. The number of halogens is 2. The Labute approximate surface area is 170 Å². The summed E-state index contributed by atoms with van der Waals surface area (Å²) in [6.45, 7) is 1.74. The number of aryl methyl sites for hydroxylation is 1. The SMILES string of the molecule is Cc1cc(=O)n(-c2ccccc2)c(SCC(=O)Nc2cc(Cl)cc(Cl)c2)n1. The topological polar surface area (TPSA) is 64.0 Å². The predicted molar refractivity (Wildman–Crippen MR) is 110 cm³/mol. The number of rotatable bonds is 5. The normalized spacial score (nSPS) is 10.6. The molecule has 0 aliphatic heterocycles. The van der Waals surface area contributed by atoms with Crippen LogP contribution in [0.5, 0.6) is 0 Å². The number of anilines is 1. The zero-order valence-electron chi connectivity index (χ0n) is 14.3. The minimum absolute atomic E-state index is 0.0762. The summed E-state index contributed by atoms with van der Waals surface area (Å²) in [4.78, 5) is 29.2. The first-order valence-electron chi connectivity index (χ1n) is 7.97. The average Bonchev–Trinajstić information content (AvgIpc) is 2.59. The van der Waals surface area contributed by atoms with Crippen molar-refractivity contribution in [3.05, 3.63) is 80.7 Å². The molecule has 27 heavy (non-hydrogen) atoms. The molecule has 2 aromatic carbocycles. The van der Waals surface area contributed by atoms with E-state index >= 15 is 0 Å². The van der Waals surface area contributed by atoms with Gasteiger partial charge in [0.15, 0.2) is 5.16 Å². The predicted octanol–water partition coefficient (Wildman–Crippen LogP) is 4.58. The van der Waals surface area contributed by atoms with Crippen LogP contribution >= 0.6 is 35.0 Å². The fourth-order valence-corrected chi connectivity index (χ4v) is 3.83. The molecule has 8 heteroatoms. The number of hydrogen-bond donors (Lipinski definition) is 1. The summed E-state index contributed by atoms with van der Waals surface area (Å²) in [5.74, 6) is -0.180. The Kier molecular flexibility index (Phi) is 6.21. The van der Waals surface area contributed by atoms with Crippen LogP contribution in [0.2, 0.25) is 10.0 Å². The Morgan fingerprint density at radius 3 is 2.44 bits per heavy atom. The molecule has 0 radical (unpaired) electrons. The molecule has 5 nitrogen and oxygen atoms in total. The molecule has 138 valence electrons. The molecule has 3 aromatic rings. The Morgan fingerprint density at radius 1 is 1.11 bits per heavy atom. The summed E-state index contributed by atoms with van der Waals surface area (Å²) in [5, 5.41) is 4.06. The van der Waals surface area contributed by atoms with Crippen LogP contribution in [0.15, 0.2) is 64.5 Å². The van der Waals surface area contributed by atoms with Gasteiger partial charge >= 0.3 is 0 Å². The summed E-state index contributed by atoms with van der Waals surface area (Å²) >= 11 is 13.1. The van der Waals surface area contributed by atoms with Crippen LogP contribution in [0.3, 0.4) is 0 Å². The average molecular weight is 420 g/mol. The molecule has 0 aliphatic rings. The molecule has 1 heterocycles. The third-order valence-electron chi connectivity index (χ3n) is 3.51. The summed E-state index contributed by atoms with van der Waals surface area (Å²) in [6.07, 6.45) is 0. The second-order valence-corrected chi connectivity index (χ2v) is 7.50. The quantitative estimate of drug-likeness (QED) is 0.485. The highest BCUT2D eigenvalue weighted by Crippen LogP contribution is 2.23. The molecule has 0 aliphatic carbocycles. The third-order valence-corrected chi connectivity index (χ3v) is 4.88. The maximum absolute atomic E-state index is 12.5. The zero-order valence-corrected chi connectivity index (χ0v) is 16.6. The van der Waals surface area contributed by atoms with Crippen LogP contribution in [0.25, 0.3) is 5.69 Å². The summed E-state index contributed by atoms with van der Waals surface area (Å²) in [6, 6.07) is 15.5. The van der Waals surface area contributed by atoms with Crippen LogP contribution in [-0.2, 0) is 4.79 Å². The molecule has 0 spiro atoms. The number of aromatic nitrogens is 2. The van der Waals surface area contributed by atoms with Crippen LogP contribution in [-0.4, -0.2) is 21.2 Å². The number of nitrogens with zero attached hydrogens (tertiary/aromatic N) is 2. The smallest absolute Gasteiger partial charge is 0.258 e. The molecule has 1 amide bonds. The minimum atomic E-state index is -0.256. The highest BCUT2D eigenvalue weighted by molar-refractivity contribution is 7.99. The van der Waals surface area contributed by atoms with E-state index in [1.807, 2.05) is 30.3 Å². The van der Waals surface area contributed by atoms with Crippen molar-refractivity contribution in [1.82, 2.24) is 9.55 Å². The van der Waals surface area contributed by atoms with Crippen molar-refractivity contribution in [2.24, 2.45) is 0 Å². The highest BCUT2D eigenvalue weighted by Gasteiger charge is 2.12. The lowest BCUT2D eigenvalue weighted by molar-refractivity contribution is -0.113. The first kappa shape index (κ1) is 19.5. The van der Waals surface area contributed by atoms with Gasteiger partial charge in [-0.05, 0) is 37.3 Å². The Hall–Kier alpha value is -2.28. The van der Waals surface area contributed by atoms with Gasteiger partial charge < -0.3 is 5.32 Å². The van der Waals surface area contributed by atoms with Gasteiger partial charge in [0.1, 0.15) is 0 Å². The fraction of sp³-hybridized carbons (Fsp3) is 0.105. The monoisotopic (exact) mass is 419 g/mol. The number of carbonyl (C=O) groups is 1. The molecule has 0 saturated heterocycles. The highest BCUT2D eigenvalue weighted by atomic mass is 35.5. The van der Waals surface area contributed by atoms with E-state index in [9.17, 15) is 9.59 Å². The summed E-state index contributed by atoms with van der Waals surface area (Å²) in [7, 11) is 0. The molecule has 3 rings (SSSR count). The van der Waals surface area contributed by atoms with Gasteiger partial charge in [-0.3, -0.25) is 14.2 Å². The molecule has 1 aromatic heterocycles. The van der Waals surface area contributed by atoms with E-state index in [2.05, 4.69) is 10.3 Å². The Morgan fingerprint density at radius 2 is 1.78 bits per heavy atom. The number of para-hydroxylation sites is 1. The molecule has 0 bridgehead atoms. The van der Waals surface area contributed by atoms with Crippen molar-refractivity contribution < 1.29 is 4.79 Å². The van der Waals surface area contributed by atoms with Crippen molar-refractivity contribution in [1.29, 1.82) is 0 Å². The zero-order chi connectivity index (χ0) is 19.4. The van der Waals surface area contributed by atoms with E-state index in [0.29, 0.717) is 32.3 Å². The largest absolute Gasteiger partial charge is 0.325 e. The van der Waals surface area contributed by atoms with Crippen molar-refractivity contribution in [2.75, 3.05) is 11.1 Å². The fourth-order valence-electron chi connectivity index (χ4n) is 2.44. The van der Waals surface area contributed by atoms with Gasteiger partial charge in [-0.25, -0.2) is 4.98 Å². The Balaban J connectivity index is 1.79. The number of benzene rings is 2. The van der Waals surface area contributed by atoms with Gasteiger partial charge in [0.2, 0.25) is 5.91 Å². The van der Waals surface area contributed by atoms with Crippen molar-refractivity contribution >= 4 is 46.6 Å². The van der Waals surface area contributed by atoms with Crippen LogP contribution < -0.4 is 10.9 Å². The molecular formula is C19H15Cl2N3O2S. The lowest BCUT2D eigenvalue weighted by atomic mass is 10.3. The van der Waals surface area contributed by atoms with Crippen molar-refractivity contribution in [2.45, 2.75) is 12.1 Å². The van der Waals surface area contributed by atoms with E-state index in [4.69, 9.17) is 23.2 Å². The molecule has 0 fully saturated rings. The van der Waals surface area contributed by atoms with Gasteiger partial charge in [0, 0.05) is 27.5 Å². The van der Waals surface area contributed by atoms with Crippen LogP contribution in [0.1, 0.15) is 5.69 Å². The van der Waals surface area contributed by atoms with Gasteiger partial charge in [0.25, 0.3) is 5.56 Å². The van der Waals surface area contributed by atoms with Gasteiger partial charge in [-0.1, -0.05) is 53.2 Å². The number of amides is 1. The molecular weight excluding hydrogens is 405 g/mol. The minimum Gasteiger partial charge on any atom is -0.325 e.